The van der Waals surface area contributed by atoms with E-state index in [2.05, 4.69) is 38.5 Å². The van der Waals surface area contributed by atoms with Crippen molar-refractivity contribution >= 4 is 36.3 Å². The van der Waals surface area contributed by atoms with E-state index >= 15 is 0 Å². The molecule has 1 rings (SSSR count). The highest BCUT2D eigenvalue weighted by atomic mass is 32.1. The first-order chi connectivity index (χ1) is 15.0. The number of carbonyl (C=O) groups excluding carboxylic acids is 3. The normalized spacial score (nSPS) is 16.7. The summed E-state index contributed by atoms with van der Waals surface area (Å²) in [5.41, 5.74) is 6.60. The van der Waals surface area contributed by atoms with E-state index in [0.29, 0.717) is 12.1 Å². The lowest BCUT2D eigenvalue weighted by Crippen LogP contribution is -2.60. The lowest BCUT2D eigenvalue weighted by Gasteiger charge is -2.27. The molecule has 6 unspecified atom stereocenters. The molecule has 0 bridgehead atoms. The lowest BCUT2D eigenvalue weighted by molar-refractivity contribution is -0.145. The first-order valence-electron chi connectivity index (χ1n) is 10.2. The highest BCUT2D eigenvalue weighted by Crippen LogP contribution is 2.10. The zero-order valence-corrected chi connectivity index (χ0v) is 19.1. The summed E-state index contributed by atoms with van der Waals surface area (Å²) < 4.78 is 0. The van der Waals surface area contributed by atoms with Crippen molar-refractivity contribution in [2.45, 2.75) is 63.9 Å². The van der Waals surface area contributed by atoms with Crippen molar-refractivity contribution in [3.63, 3.8) is 0 Å². The number of nitrogens with two attached hydrogens (primary N) is 1. The van der Waals surface area contributed by atoms with Crippen molar-refractivity contribution in [3.05, 3.63) is 18.2 Å². The minimum atomic E-state index is -1.55. The quantitative estimate of drug-likeness (QED) is 0.153. The van der Waals surface area contributed by atoms with E-state index in [1.807, 2.05) is 6.92 Å². The summed E-state index contributed by atoms with van der Waals surface area (Å²) >= 11 is 4.05. The number of hydrogen-bond donors (Lipinski definition) is 8. The van der Waals surface area contributed by atoms with Crippen LogP contribution >= 0.6 is 12.6 Å². The van der Waals surface area contributed by atoms with Gasteiger partial charge in [0.1, 0.15) is 12.1 Å². The number of carboxylic acid groups (broad SMARTS) is 1. The largest absolute Gasteiger partial charge is 0.480 e. The summed E-state index contributed by atoms with van der Waals surface area (Å²) in [6, 6.07) is -4.65. The number of carboxylic acids is 1. The number of hydrogen-bond acceptors (Lipinski definition) is 8. The topological polar surface area (TPSA) is 200 Å². The van der Waals surface area contributed by atoms with E-state index in [-0.39, 0.29) is 18.1 Å². The van der Waals surface area contributed by atoms with Gasteiger partial charge in [0, 0.05) is 24.1 Å². The highest BCUT2D eigenvalue weighted by Gasteiger charge is 2.33. The van der Waals surface area contributed by atoms with Crippen LogP contribution in [0.2, 0.25) is 0 Å². The van der Waals surface area contributed by atoms with Gasteiger partial charge in [-0.3, -0.25) is 14.4 Å². The Hall–Kier alpha value is -2.64. The average Bonchev–Trinajstić information content (AvgIpc) is 3.25. The van der Waals surface area contributed by atoms with E-state index in [1.165, 1.54) is 13.3 Å². The number of aliphatic hydroxyl groups excluding tert-OH is 1. The van der Waals surface area contributed by atoms with Crippen LogP contribution in [0.25, 0.3) is 0 Å². The second kappa shape index (κ2) is 13.0. The number of rotatable bonds is 13. The lowest BCUT2D eigenvalue weighted by atomic mass is 9.97. The molecule has 6 atom stereocenters. The number of aliphatic hydroxyl groups is 1. The molecular weight excluding hydrogens is 440 g/mol. The van der Waals surface area contributed by atoms with E-state index in [4.69, 9.17) is 10.8 Å². The van der Waals surface area contributed by atoms with Gasteiger partial charge in [0.15, 0.2) is 6.04 Å². The maximum Gasteiger partial charge on any atom is 0.328 e. The zero-order chi connectivity index (χ0) is 24.4. The predicted molar refractivity (Wildman–Crippen MR) is 119 cm³/mol. The van der Waals surface area contributed by atoms with Crippen molar-refractivity contribution < 1.29 is 29.4 Å². The van der Waals surface area contributed by atoms with Crippen LogP contribution in [0.5, 0.6) is 0 Å². The Bertz CT molecular complexity index is 774. The van der Waals surface area contributed by atoms with Crippen molar-refractivity contribution in [2.75, 3.05) is 5.75 Å². The van der Waals surface area contributed by atoms with Crippen molar-refractivity contribution in [1.29, 1.82) is 0 Å². The molecule has 13 heteroatoms. The molecule has 0 aromatic carbocycles. The molecule has 0 fully saturated rings. The van der Waals surface area contributed by atoms with Crippen molar-refractivity contribution in [3.8, 4) is 0 Å². The Kier molecular flexibility index (Phi) is 11.2. The standard InChI is InChI=1S/C19H32N6O6S/c1-4-9(2)14(24-16(27)12(20)5-11-6-21-8-22-11)18(29)23-13(7-32)17(28)25-15(10(3)26)19(30)31/h6,8-10,12-15,26,32H,4-5,7,20H2,1-3H3,(H,21,22)(H,23,29)(H,24,27)(H,25,28)(H,30,31). The number of carbonyl (C=O) groups is 4. The second-order valence-corrected chi connectivity index (χ2v) is 7.93. The molecule has 0 aliphatic heterocycles. The smallest absolute Gasteiger partial charge is 0.328 e. The number of imidazole rings is 1. The molecule has 3 amide bonds. The molecule has 0 saturated heterocycles. The average molecular weight is 473 g/mol. The third-order valence-electron chi connectivity index (χ3n) is 4.99. The van der Waals surface area contributed by atoms with Crippen LogP contribution in [0.1, 0.15) is 32.9 Å². The Morgan fingerprint density at radius 2 is 1.75 bits per heavy atom. The first-order valence-corrected chi connectivity index (χ1v) is 10.8. The Morgan fingerprint density at radius 3 is 2.22 bits per heavy atom. The third kappa shape index (κ3) is 8.13. The summed E-state index contributed by atoms with van der Waals surface area (Å²) in [6.07, 6.45) is 2.40. The van der Waals surface area contributed by atoms with Gasteiger partial charge in [-0.15, -0.1) is 0 Å². The fourth-order valence-corrected chi connectivity index (χ4v) is 3.04. The summed E-state index contributed by atoms with van der Waals surface area (Å²) in [5, 5.41) is 25.9. The molecule has 32 heavy (non-hydrogen) atoms. The third-order valence-corrected chi connectivity index (χ3v) is 5.35. The monoisotopic (exact) mass is 472 g/mol. The van der Waals surface area contributed by atoms with Gasteiger partial charge >= 0.3 is 5.97 Å². The number of amides is 3. The van der Waals surface area contributed by atoms with Crippen molar-refractivity contribution in [1.82, 2.24) is 25.9 Å². The van der Waals surface area contributed by atoms with Gasteiger partial charge in [0.25, 0.3) is 0 Å². The van der Waals surface area contributed by atoms with Crippen LogP contribution in [0, 0.1) is 5.92 Å². The second-order valence-electron chi connectivity index (χ2n) is 7.57. The predicted octanol–water partition coefficient (Wildman–Crippen LogP) is -1.82. The number of nitrogens with one attached hydrogen (secondary N) is 4. The number of aliphatic carboxylic acids is 1. The summed E-state index contributed by atoms with van der Waals surface area (Å²) in [4.78, 5) is 55.8. The first kappa shape index (κ1) is 27.4. The molecular formula is C19H32N6O6S. The van der Waals surface area contributed by atoms with E-state index in [0.717, 1.165) is 0 Å². The molecule has 0 aliphatic carbocycles. The molecule has 0 aliphatic rings. The SMILES string of the molecule is CCC(C)C(NC(=O)C(N)Cc1cnc[nH]1)C(=O)NC(CS)C(=O)NC(C(=O)O)C(C)O. The van der Waals surface area contributed by atoms with Crippen LogP contribution in [0.4, 0.5) is 0 Å². The fourth-order valence-electron chi connectivity index (χ4n) is 2.79. The van der Waals surface area contributed by atoms with Gasteiger partial charge in [0.05, 0.1) is 18.5 Å². The number of aromatic nitrogens is 2. The molecule has 180 valence electrons. The van der Waals surface area contributed by atoms with E-state index < -0.39 is 54.0 Å². The summed E-state index contributed by atoms with van der Waals surface area (Å²) in [7, 11) is 0. The van der Waals surface area contributed by atoms with Gasteiger partial charge in [-0.2, -0.15) is 12.6 Å². The molecule has 0 spiro atoms. The van der Waals surface area contributed by atoms with Gasteiger partial charge < -0.3 is 36.9 Å². The minimum Gasteiger partial charge on any atom is -0.480 e. The van der Waals surface area contributed by atoms with Gasteiger partial charge in [0.2, 0.25) is 17.7 Å². The van der Waals surface area contributed by atoms with Crippen LogP contribution < -0.4 is 21.7 Å². The number of thiol groups is 1. The number of H-pyrrole nitrogens is 1. The summed E-state index contributed by atoms with van der Waals surface area (Å²) in [5.74, 6) is -3.86. The zero-order valence-electron chi connectivity index (χ0n) is 18.2. The van der Waals surface area contributed by atoms with Crippen LogP contribution in [-0.2, 0) is 25.6 Å². The highest BCUT2D eigenvalue weighted by molar-refractivity contribution is 7.80. The number of nitrogens with zero attached hydrogens (tertiary/aromatic N) is 1. The van der Waals surface area contributed by atoms with E-state index in [1.54, 1.807) is 13.1 Å². The molecule has 0 radical (unpaired) electrons. The minimum absolute atomic E-state index is 0.135. The molecule has 8 N–H and O–H groups in total. The molecule has 1 heterocycles. The molecule has 1 aromatic heterocycles. The maximum atomic E-state index is 12.9. The van der Waals surface area contributed by atoms with Gasteiger partial charge in [-0.1, -0.05) is 20.3 Å². The Balaban J connectivity index is 2.85. The Morgan fingerprint density at radius 1 is 1.12 bits per heavy atom. The van der Waals surface area contributed by atoms with Crippen LogP contribution in [-0.4, -0.2) is 79.9 Å². The Labute approximate surface area is 191 Å². The van der Waals surface area contributed by atoms with Gasteiger partial charge in [-0.05, 0) is 12.8 Å². The van der Waals surface area contributed by atoms with E-state index in [9.17, 15) is 24.3 Å². The fraction of sp³-hybridized carbons (Fsp3) is 0.632. The van der Waals surface area contributed by atoms with Crippen LogP contribution in [0.3, 0.4) is 0 Å². The number of aromatic amines is 1. The summed E-state index contributed by atoms with van der Waals surface area (Å²) in [6.45, 7) is 4.81. The van der Waals surface area contributed by atoms with Crippen molar-refractivity contribution in [2.24, 2.45) is 11.7 Å². The van der Waals surface area contributed by atoms with Gasteiger partial charge in [-0.25, -0.2) is 9.78 Å². The molecule has 12 nitrogen and oxygen atoms in total. The molecule has 0 saturated carbocycles. The molecule has 1 aromatic rings. The van der Waals surface area contributed by atoms with Crippen LogP contribution in [0.15, 0.2) is 12.5 Å². The maximum absolute atomic E-state index is 12.9.